The van der Waals surface area contributed by atoms with Gasteiger partial charge in [-0.2, -0.15) is 0 Å². The maximum Gasteiger partial charge on any atom is 0.309 e. The number of rotatable bonds is 7. The van der Waals surface area contributed by atoms with E-state index < -0.39 is 10.8 Å². The minimum atomic E-state index is -0.429. The standard InChI is InChI=1S/C24H27NO6/c1-29-22-11-10-16(14-23(22)31-20-7-3-4-8-20)19-13-18(24(26)30-15-19)12-17-6-2-5-9-21(17)25(27)28/h2,5-6,9-11,14,18-20H,3-4,7-8,12-13,15H2,1H3/t18?,19-/m1/s1. The molecule has 1 saturated heterocycles. The van der Waals surface area contributed by atoms with Crippen LogP contribution in [0.2, 0.25) is 0 Å². The smallest absolute Gasteiger partial charge is 0.309 e. The Balaban J connectivity index is 1.52. The van der Waals surface area contributed by atoms with E-state index in [2.05, 4.69) is 0 Å². The van der Waals surface area contributed by atoms with Crippen molar-refractivity contribution in [3.8, 4) is 11.5 Å². The average molecular weight is 425 g/mol. The Morgan fingerprint density at radius 3 is 2.65 bits per heavy atom. The lowest BCUT2D eigenvalue weighted by atomic mass is 9.84. The third-order valence-electron chi connectivity index (χ3n) is 6.24. The monoisotopic (exact) mass is 425 g/mol. The Morgan fingerprint density at radius 2 is 1.90 bits per heavy atom. The van der Waals surface area contributed by atoms with Crippen molar-refractivity contribution >= 4 is 11.7 Å². The number of nitro groups is 1. The van der Waals surface area contributed by atoms with Gasteiger partial charge in [-0.15, -0.1) is 0 Å². The molecule has 2 aliphatic rings. The van der Waals surface area contributed by atoms with E-state index in [0.717, 1.165) is 24.2 Å². The second-order valence-corrected chi connectivity index (χ2v) is 8.28. The number of ether oxygens (including phenoxy) is 3. The SMILES string of the molecule is COc1ccc([C@H]2COC(=O)C(Cc3ccccc3[N+](=O)[O-])C2)cc1OC1CCCC1. The molecule has 4 rings (SSSR count). The molecule has 31 heavy (non-hydrogen) atoms. The summed E-state index contributed by atoms with van der Waals surface area (Å²) in [6.07, 6.45) is 5.52. The summed E-state index contributed by atoms with van der Waals surface area (Å²) in [5, 5.41) is 11.3. The molecule has 0 aromatic heterocycles. The summed E-state index contributed by atoms with van der Waals surface area (Å²) in [6.45, 7) is 0.293. The summed E-state index contributed by atoms with van der Waals surface area (Å²) < 4.78 is 17.2. The number of carbonyl (C=O) groups is 1. The van der Waals surface area contributed by atoms with Gasteiger partial charge < -0.3 is 14.2 Å². The van der Waals surface area contributed by atoms with Crippen molar-refractivity contribution in [3.05, 3.63) is 63.7 Å². The summed E-state index contributed by atoms with van der Waals surface area (Å²) >= 11 is 0. The Bertz CT molecular complexity index is 953. The van der Waals surface area contributed by atoms with Gasteiger partial charge >= 0.3 is 5.97 Å². The van der Waals surface area contributed by atoms with Crippen molar-refractivity contribution in [2.75, 3.05) is 13.7 Å². The van der Waals surface area contributed by atoms with Gasteiger partial charge in [0, 0.05) is 17.5 Å². The lowest BCUT2D eigenvalue weighted by Crippen LogP contribution is -2.31. The van der Waals surface area contributed by atoms with Gasteiger partial charge in [0.1, 0.15) is 0 Å². The predicted octanol–water partition coefficient (Wildman–Crippen LogP) is 4.81. The normalized spacial score (nSPS) is 21.5. The zero-order chi connectivity index (χ0) is 21.8. The number of para-hydroxylation sites is 1. The summed E-state index contributed by atoms with van der Waals surface area (Å²) in [5.74, 6) is 0.688. The van der Waals surface area contributed by atoms with Crippen molar-refractivity contribution in [1.82, 2.24) is 0 Å². The first-order chi connectivity index (χ1) is 15.0. The van der Waals surface area contributed by atoms with E-state index >= 15 is 0 Å². The van der Waals surface area contributed by atoms with Crippen molar-refractivity contribution in [2.24, 2.45) is 5.92 Å². The van der Waals surface area contributed by atoms with E-state index in [1.54, 1.807) is 25.3 Å². The molecule has 7 nitrogen and oxygen atoms in total. The average Bonchev–Trinajstić information content (AvgIpc) is 3.28. The van der Waals surface area contributed by atoms with Gasteiger partial charge in [0.2, 0.25) is 0 Å². The Labute approximate surface area is 181 Å². The molecular formula is C24H27NO6. The van der Waals surface area contributed by atoms with Crippen LogP contribution in [0.4, 0.5) is 5.69 Å². The van der Waals surface area contributed by atoms with E-state index in [9.17, 15) is 14.9 Å². The highest BCUT2D eigenvalue weighted by molar-refractivity contribution is 5.74. The van der Waals surface area contributed by atoms with E-state index in [4.69, 9.17) is 14.2 Å². The number of nitro benzene ring substituents is 1. The molecule has 2 atom stereocenters. The summed E-state index contributed by atoms with van der Waals surface area (Å²) in [4.78, 5) is 23.3. The van der Waals surface area contributed by atoms with Crippen molar-refractivity contribution < 1.29 is 23.9 Å². The van der Waals surface area contributed by atoms with Gasteiger partial charge in [-0.3, -0.25) is 14.9 Å². The minimum absolute atomic E-state index is 0.00213. The number of nitrogens with zero attached hydrogens (tertiary/aromatic N) is 1. The Morgan fingerprint density at radius 1 is 1.13 bits per heavy atom. The van der Waals surface area contributed by atoms with Gasteiger partial charge in [-0.1, -0.05) is 24.3 Å². The number of carbonyl (C=O) groups excluding carboxylic acids is 1. The van der Waals surface area contributed by atoms with Gasteiger partial charge in [0.05, 0.1) is 30.7 Å². The fourth-order valence-corrected chi connectivity index (χ4v) is 4.56. The lowest BCUT2D eigenvalue weighted by molar-refractivity contribution is -0.385. The molecule has 0 bridgehead atoms. The minimum Gasteiger partial charge on any atom is -0.493 e. The number of benzene rings is 2. The van der Waals surface area contributed by atoms with Crippen LogP contribution in [0.1, 0.15) is 49.1 Å². The molecule has 2 aromatic rings. The molecule has 1 aliphatic heterocycles. The van der Waals surface area contributed by atoms with Gasteiger partial charge in [-0.25, -0.2) is 0 Å². The number of methoxy groups -OCH3 is 1. The highest BCUT2D eigenvalue weighted by Gasteiger charge is 2.33. The van der Waals surface area contributed by atoms with E-state index in [-0.39, 0.29) is 30.1 Å². The van der Waals surface area contributed by atoms with Crippen LogP contribution in [0.3, 0.4) is 0 Å². The number of esters is 1. The number of hydrogen-bond acceptors (Lipinski definition) is 6. The first-order valence-corrected chi connectivity index (χ1v) is 10.8. The van der Waals surface area contributed by atoms with E-state index in [1.165, 1.54) is 18.9 Å². The van der Waals surface area contributed by atoms with Crippen LogP contribution in [-0.2, 0) is 16.0 Å². The fraction of sp³-hybridized carbons (Fsp3) is 0.458. The van der Waals surface area contributed by atoms with Crippen LogP contribution < -0.4 is 9.47 Å². The van der Waals surface area contributed by atoms with Crippen LogP contribution >= 0.6 is 0 Å². The third-order valence-corrected chi connectivity index (χ3v) is 6.24. The molecule has 1 saturated carbocycles. The van der Waals surface area contributed by atoms with Crippen molar-refractivity contribution in [1.29, 1.82) is 0 Å². The molecule has 7 heteroatoms. The summed E-state index contributed by atoms with van der Waals surface area (Å²) in [7, 11) is 1.63. The molecule has 0 amide bonds. The topological polar surface area (TPSA) is 87.9 Å². The molecule has 2 aromatic carbocycles. The third kappa shape index (κ3) is 4.81. The highest BCUT2D eigenvalue weighted by atomic mass is 16.6. The second kappa shape index (κ2) is 9.37. The number of cyclic esters (lactones) is 1. The molecule has 0 spiro atoms. The van der Waals surface area contributed by atoms with E-state index in [1.807, 2.05) is 18.2 Å². The Kier molecular flexibility index (Phi) is 6.39. The van der Waals surface area contributed by atoms with E-state index in [0.29, 0.717) is 24.3 Å². The first-order valence-electron chi connectivity index (χ1n) is 10.8. The molecule has 0 radical (unpaired) electrons. The predicted molar refractivity (Wildman–Crippen MR) is 114 cm³/mol. The van der Waals surface area contributed by atoms with Crippen LogP contribution in [0.25, 0.3) is 0 Å². The molecular weight excluding hydrogens is 398 g/mol. The second-order valence-electron chi connectivity index (χ2n) is 8.28. The van der Waals surface area contributed by atoms with Gasteiger partial charge in [0.15, 0.2) is 11.5 Å². The quantitative estimate of drug-likeness (QED) is 0.359. The molecule has 1 heterocycles. The lowest BCUT2D eigenvalue weighted by Gasteiger charge is -2.29. The summed E-state index contributed by atoms with van der Waals surface area (Å²) in [6, 6.07) is 12.4. The molecule has 0 N–H and O–H groups in total. The maximum atomic E-state index is 12.4. The van der Waals surface area contributed by atoms with Crippen LogP contribution in [-0.4, -0.2) is 30.7 Å². The van der Waals surface area contributed by atoms with Crippen LogP contribution in [0, 0.1) is 16.0 Å². The van der Waals surface area contributed by atoms with Crippen molar-refractivity contribution in [2.45, 2.75) is 50.5 Å². The van der Waals surface area contributed by atoms with Gasteiger partial charge in [-0.05, 0) is 56.2 Å². The molecule has 2 fully saturated rings. The van der Waals surface area contributed by atoms with Crippen LogP contribution in [0.5, 0.6) is 11.5 Å². The zero-order valence-corrected chi connectivity index (χ0v) is 17.6. The number of hydrogen-bond donors (Lipinski definition) is 0. The summed E-state index contributed by atoms with van der Waals surface area (Å²) in [5.41, 5.74) is 1.61. The van der Waals surface area contributed by atoms with Crippen LogP contribution in [0.15, 0.2) is 42.5 Å². The largest absolute Gasteiger partial charge is 0.493 e. The highest BCUT2D eigenvalue weighted by Crippen LogP contribution is 2.38. The zero-order valence-electron chi connectivity index (χ0n) is 17.6. The Hall–Kier alpha value is -3.09. The van der Waals surface area contributed by atoms with Gasteiger partial charge in [0.25, 0.3) is 5.69 Å². The maximum absolute atomic E-state index is 12.4. The fourth-order valence-electron chi connectivity index (χ4n) is 4.56. The molecule has 1 aliphatic carbocycles. The molecule has 1 unspecified atom stereocenters. The van der Waals surface area contributed by atoms with Crippen molar-refractivity contribution in [3.63, 3.8) is 0 Å². The first kappa shape index (κ1) is 21.2. The molecule has 164 valence electrons.